The Bertz CT molecular complexity index is 261. The molecule has 1 rings (SSSR count). The molecule has 1 atom stereocenters. The molecule has 0 fully saturated rings. The maximum Gasteiger partial charge on any atom is 0.104 e. The second-order valence-corrected chi connectivity index (χ2v) is 5.48. The molecular weight excluding hydrogens is 254 g/mol. The molecule has 1 heterocycles. The molecule has 5 heteroatoms. The minimum Gasteiger partial charge on any atom is -1.00 e. The number of rotatable bonds is 3. The first-order chi connectivity index (χ1) is 6.36. The van der Waals surface area contributed by atoms with E-state index in [2.05, 4.69) is 31.5 Å². The first-order valence-electron chi connectivity index (χ1n) is 4.66. The number of nitrogens with zero attached hydrogens (tertiary/aromatic N) is 2. The highest BCUT2D eigenvalue weighted by Gasteiger charge is 2.34. The van der Waals surface area contributed by atoms with Gasteiger partial charge in [-0.15, -0.1) is 3.94 Å². The molecule has 0 N–H and O–H groups in total. The van der Waals surface area contributed by atoms with Gasteiger partial charge in [-0.05, 0) is 49.6 Å². The Morgan fingerprint density at radius 1 is 1.33 bits per heavy atom. The van der Waals surface area contributed by atoms with Crippen molar-refractivity contribution in [2.24, 2.45) is 0 Å². The number of halogens is 3. The van der Waals surface area contributed by atoms with Gasteiger partial charge in [-0.1, -0.05) is 6.08 Å². The first-order valence-corrected chi connectivity index (χ1v) is 5.34. The van der Waals surface area contributed by atoms with Gasteiger partial charge >= 0.3 is 0 Å². The highest BCUT2D eigenvalue weighted by atomic mass is 35.5. The van der Waals surface area contributed by atoms with E-state index in [1.54, 1.807) is 0 Å². The SMILES string of the molecule is CC(C)(C[N+]1(C)C=CC=CC1)N(Cl)Cl.[Cl-]. The summed E-state index contributed by atoms with van der Waals surface area (Å²) in [5.74, 6) is 0. The predicted octanol–water partition coefficient (Wildman–Crippen LogP) is -0.0913. The summed E-state index contributed by atoms with van der Waals surface area (Å²) in [5, 5.41) is 0. The van der Waals surface area contributed by atoms with E-state index < -0.39 is 0 Å². The molecule has 2 nitrogen and oxygen atoms in total. The van der Waals surface area contributed by atoms with Crippen LogP contribution >= 0.6 is 23.6 Å². The van der Waals surface area contributed by atoms with Gasteiger partial charge in [0.05, 0.1) is 18.8 Å². The van der Waals surface area contributed by atoms with Crippen molar-refractivity contribution in [3.8, 4) is 0 Å². The quantitative estimate of drug-likeness (QED) is 0.512. The molecule has 1 aliphatic rings. The van der Waals surface area contributed by atoms with Crippen LogP contribution in [0.15, 0.2) is 24.4 Å². The zero-order valence-electron chi connectivity index (χ0n) is 9.25. The fourth-order valence-corrected chi connectivity index (χ4v) is 1.86. The van der Waals surface area contributed by atoms with Crippen molar-refractivity contribution in [1.82, 2.24) is 3.94 Å². The van der Waals surface area contributed by atoms with Crippen molar-refractivity contribution >= 4 is 23.6 Å². The number of likely N-dealkylation sites (N-methyl/N-ethyl adjacent to an activating group) is 1. The highest BCUT2D eigenvalue weighted by Crippen LogP contribution is 2.24. The Kier molecular flexibility index (Phi) is 5.65. The molecule has 1 aliphatic heterocycles. The summed E-state index contributed by atoms with van der Waals surface area (Å²) in [4.78, 5) is 0. The van der Waals surface area contributed by atoms with Crippen molar-refractivity contribution in [3.63, 3.8) is 0 Å². The third kappa shape index (κ3) is 4.33. The lowest BCUT2D eigenvalue weighted by Gasteiger charge is -2.38. The highest BCUT2D eigenvalue weighted by molar-refractivity contribution is 6.34. The smallest absolute Gasteiger partial charge is 0.104 e. The molecule has 0 radical (unpaired) electrons. The van der Waals surface area contributed by atoms with Gasteiger partial charge in [0, 0.05) is 0 Å². The van der Waals surface area contributed by atoms with Gasteiger partial charge in [-0.2, -0.15) is 0 Å². The second-order valence-electron chi connectivity index (χ2n) is 4.64. The van der Waals surface area contributed by atoms with E-state index in [4.69, 9.17) is 23.6 Å². The van der Waals surface area contributed by atoms with E-state index in [-0.39, 0.29) is 17.9 Å². The summed E-state index contributed by atoms with van der Waals surface area (Å²) in [7, 11) is 2.17. The average molecular weight is 272 g/mol. The molecular formula is C10H17Cl3N2. The van der Waals surface area contributed by atoms with Crippen LogP contribution in [0, 0.1) is 0 Å². The number of quaternary nitrogens is 1. The average Bonchev–Trinajstić information content (AvgIpc) is 2.03. The van der Waals surface area contributed by atoms with Gasteiger partial charge in [-0.3, -0.25) is 4.48 Å². The number of allylic oxidation sites excluding steroid dienone is 2. The van der Waals surface area contributed by atoms with Crippen LogP contribution in [-0.4, -0.2) is 34.1 Å². The summed E-state index contributed by atoms with van der Waals surface area (Å²) in [5.41, 5.74) is -0.229. The fraction of sp³-hybridized carbons (Fsp3) is 0.600. The summed E-state index contributed by atoms with van der Waals surface area (Å²) < 4.78 is 2.07. The molecule has 0 saturated carbocycles. The van der Waals surface area contributed by atoms with E-state index in [9.17, 15) is 0 Å². The fourth-order valence-electron chi connectivity index (χ4n) is 1.75. The summed E-state index contributed by atoms with van der Waals surface area (Å²) in [6.45, 7) is 5.92. The molecule has 0 aliphatic carbocycles. The molecule has 0 spiro atoms. The Labute approximate surface area is 108 Å². The molecule has 88 valence electrons. The first kappa shape index (κ1) is 15.3. The zero-order chi connectivity index (χ0) is 10.8. The van der Waals surface area contributed by atoms with Crippen molar-refractivity contribution in [2.75, 3.05) is 20.1 Å². The summed E-state index contributed by atoms with van der Waals surface area (Å²) in [6.07, 6.45) is 8.44. The lowest BCUT2D eigenvalue weighted by molar-refractivity contribution is -0.858. The maximum atomic E-state index is 5.80. The monoisotopic (exact) mass is 270 g/mol. The van der Waals surface area contributed by atoms with E-state index in [0.717, 1.165) is 17.6 Å². The van der Waals surface area contributed by atoms with E-state index >= 15 is 0 Å². The molecule has 0 aromatic rings. The molecule has 0 amide bonds. The standard InChI is InChI=1S/C10H17Cl2N2.ClH/c1-10(2,13(11)12)9-14(3)7-5-4-6-8-14;/h4-7H,8-9H2,1-3H3;1H/q+1;/p-1. The molecule has 0 aromatic heterocycles. The topological polar surface area (TPSA) is 3.24 Å². The van der Waals surface area contributed by atoms with Gasteiger partial charge in [0.15, 0.2) is 0 Å². The van der Waals surface area contributed by atoms with Crippen molar-refractivity contribution < 1.29 is 16.9 Å². The Hall–Kier alpha value is 0.270. The van der Waals surface area contributed by atoms with Gasteiger partial charge in [-0.25, -0.2) is 0 Å². The minimum absolute atomic E-state index is 0. The van der Waals surface area contributed by atoms with Gasteiger partial charge in [0.2, 0.25) is 0 Å². The van der Waals surface area contributed by atoms with Crippen LogP contribution in [0.4, 0.5) is 0 Å². The number of hydrogen-bond acceptors (Lipinski definition) is 1. The van der Waals surface area contributed by atoms with E-state index in [1.165, 1.54) is 3.94 Å². The lowest BCUT2D eigenvalue weighted by atomic mass is 10.0. The maximum absolute atomic E-state index is 5.80. The Morgan fingerprint density at radius 3 is 2.33 bits per heavy atom. The molecule has 1 unspecified atom stereocenters. The minimum atomic E-state index is -0.229. The zero-order valence-corrected chi connectivity index (χ0v) is 11.5. The van der Waals surface area contributed by atoms with Crippen LogP contribution in [0.2, 0.25) is 0 Å². The third-order valence-corrected chi connectivity index (χ3v) is 3.34. The molecule has 0 bridgehead atoms. The van der Waals surface area contributed by atoms with Crippen LogP contribution in [0.1, 0.15) is 13.8 Å². The third-order valence-electron chi connectivity index (χ3n) is 2.42. The summed E-state index contributed by atoms with van der Waals surface area (Å²) in [6, 6.07) is 0. The predicted molar refractivity (Wildman–Crippen MR) is 61.8 cm³/mol. The van der Waals surface area contributed by atoms with Gasteiger partial charge in [0.1, 0.15) is 13.1 Å². The van der Waals surface area contributed by atoms with Crippen molar-refractivity contribution in [1.29, 1.82) is 0 Å². The van der Waals surface area contributed by atoms with E-state index in [1.807, 2.05) is 13.8 Å². The van der Waals surface area contributed by atoms with E-state index in [0.29, 0.717) is 0 Å². The van der Waals surface area contributed by atoms with Crippen LogP contribution in [-0.2, 0) is 0 Å². The van der Waals surface area contributed by atoms with Crippen LogP contribution < -0.4 is 12.4 Å². The van der Waals surface area contributed by atoms with Gasteiger partial charge < -0.3 is 12.4 Å². The number of hydrogen-bond donors (Lipinski definition) is 0. The van der Waals surface area contributed by atoms with Gasteiger partial charge in [0.25, 0.3) is 0 Å². The normalized spacial score (nSPS) is 25.5. The Morgan fingerprint density at radius 2 is 1.93 bits per heavy atom. The van der Waals surface area contributed by atoms with Crippen LogP contribution in [0.5, 0.6) is 0 Å². The van der Waals surface area contributed by atoms with Crippen LogP contribution in [0.3, 0.4) is 0 Å². The molecule has 0 aromatic carbocycles. The lowest BCUT2D eigenvalue weighted by Crippen LogP contribution is -3.00. The van der Waals surface area contributed by atoms with Crippen LogP contribution in [0.25, 0.3) is 0 Å². The largest absolute Gasteiger partial charge is 1.00 e. The second kappa shape index (κ2) is 5.55. The molecule has 0 saturated heterocycles. The van der Waals surface area contributed by atoms with Crippen molar-refractivity contribution in [3.05, 3.63) is 24.4 Å². The van der Waals surface area contributed by atoms with Crippen molar-refractivity contribution in [2.45, 2.75) is 19.4 Å². The Balaban J connectivity index is 0.00000196. The summed E-state index contributed by atoms with van der Waals surface area (Å²) >= 11 is 11.6. The molecule has 15 heavy (non-hydrogen) atoms.